The third-order valence-electron chi connectivity index (χ3n) is 7.04. The molecule has 8 nitrogen and oxygen atoms in total. The Labute approximate surface area is 208 Å². The lowest BCUT2D eigenvalue weighted by atomic mass is 9.89. The van der Waals surface area contributed by atoms with Crippen LogP contribution in [0.3, 0.4) is 0 Å². The molecular formula is C26H40FN7O. The molecule has 0 spiro atoms. The minimum absolute atomic E-state index is 0.107. The molecule has 1 saturated heterocycles. The van der Waals surface area contributed by atoms with Crippen LogP contribution in [0.5, 0.6) is 5.75 Å². The second-order valence-corrected chi connectivity index (χ2v) is 10.0. The topological polar surface area (TPSA) is 92.4 Å². The molecule has 2 heterocycles. The fraction of sp³-hybridized carbons (Fsp3) is 0.654. The van der Waals surface area contributed by atoms with Gasteiger partial charge in [0.1, 0.15) is 0 Å². The quantitative estimate of drug-likeness (QED) is 0.486. The number of rotatable bonds is 10. The highest BCUT2D eigenvalue weighted by atomic mass is 19.1. The van der Waals surface area contributed by atoms with E-state index < -0.39 is 5.82 Å². The summed E-state index contributed by atoms with van der Waals surface area (Å²) in [6, 6.07) is 5.36. The van der Waals surface area contributed by atoms with Gasteiger partial charge < -0.3 is 20.7 Å². The first-order valence-corrected chi connectivity index (χ1v) is 13.2. The Hall–Kier alpha value is -2.68. The number of anilines is 4. The summed E-state index contributed by atoms with van der Waals surface area (Å²) >= 11 is 0. The molecule has 2 aliphatic rings. The molecule has 1 aromatic carbocycles. The van der Waals surface area contributed by atoms with E-state index in [1.807, 2.05) is 24.8 Å². The van der Waals surface area contributed by atoms with Gasteiger partial charge in [-0.1, -0.05) is 26.2 Å². The summed E-state index contributed by atoms with van der Waals surface area (Å²) in [5, 5.41) is 3.38. The number of nitrogens with two attached hydrogens (primary N) is 1. The zero-order valence-electron chi connectivity index (χ0n) is 21.3. The van der Waals surface area contributed by atoms with E-state index in [9.17, 15) is 4.39 Å². The van der Waals surface area contributed by atoms with Gasteiger partial charge in [0.25, 0.3) is 0 Å². The molecule has 2 fully saturated rings. The fourth-order valence-electron chi connectivity index (χ4n) is 5.25. The summed E-state index contributed by atoms with van der Waals surface area (Å²) in [7, 11) is 0. The molecule has 2 aromatic rings. The third-order valence-corrected chi connectivity index (χ3v) is 7.04. The van der Waals surface area contributed by atoms with Crippen LogP contribution in [0.1, 0.15) is 65.7 Å². The molecule has 3 N–H and O–H groups in total. The van der Waals surface area contributed by atoms with Crippen LogP contribution in [0.2, 0.25) is 0 Å². The number of halogens is 1. The summed E-state index contributed by atoms with van der Waals surface area (Å²) in [5.74, 6) is 1.53. The molecule has 0 radical (unpaired) electrons. The van der Waals surface area contributed by atoms with Gasteiger partial charge in [0.2, 0.25) is 17.8 Å². The molecule has 1 aromatic heterocycles. The molecule has 1 aliphatic heterocycles. The Morgan fingerprint density at radius 3 is 2.66 bits per heavy atom. The van der Waals surface area contributed by atoms with Crippen molar-refractivity contribution >= 4 is 23.5 Å². The highest BCUT2D eigenvalue weighted by Crippen LogP contribution is 2.31. The minimum Gasteiger partial charge on any atom is -0.488 e. The second kappa shape index (κ2) is 11.8. The Morgan fingerprint density at radius 2 is 1.94 bits per heavy atom. The predicted octanol–water partition coefficient (Wildman–Crippen LogP) is 4.99. The highest BCUT2D eigenvalue weighted by molar-refractivity contribution is 5.60. The van der Waals surface area contributed by atoms with Gasteiger partial charge >= 0.3 is 0 Å². The van der Waals surface area contributed by atoms with Crippen molar-refractivity contribution in [3.05, 3.63) is 24.0 Å². The first-order chi connectivity index (χ1) is 16.9. The van der Waals surface area contributed by atoms with Crippen molar-refractivity contribution in [2.24, 2.45) is 5.92 Å². The molecule has 0 bridgehead atoms. The Balaban J connectivity index is 1.61. The van der Waals surface area contributed by atoms with Crippen LogP contribution < -0.4 is 20.7 Å². The average Bonchev–Trinajstić information content (AvgIpc) is 3.30. The summed E-state index contributed by atoms with van der Waals surface area (Å²) < 4.78 is 20.6. The lowest BCUT2D eigenvalue weighted by Crippen LogP contribution is -2.39. The van der Waals surface area contributed by atoms with E-state index in [0.717, 1.165) is 32.5 Å². The molecule has 1 unspecified atom stereocenters. The summed E-state index contributed by atoms with van der Waals surface area (Å²) in [6.45, 7) is 9.45. The maximum atomic E-state index is 15.0. The number of likely N-dealkylation sites (tertiary alicyclic amines) is 1. The first-order valence-electron chi connectivity index (χ1n) is 13.2. The Morgan fingerprint density at radius 1 is 1.14 bits per heavy atom. The van der Waals surface area contributed by atoms with Crippen molar-refractivity contribution in [1.29, 1.82) is 0 Å². The highest BCUT2D eigenvalue weighted by Gasteiger charge is 2.28. The van der Waals surface area contributed by atoms with Crippen LogP contribution in [-0.4, -0.2) is 58.2 Å². The maximum Gasteiger partial charge on any atom is 0.236 e. The average molecular weight is 486 g/mol. The maximum absolute atomic E-state index is 15.0. The number of nitrogens with one attached hydrogen (secondary N) is 1. The van der Waals surface area contributed by atoms with E-state index in [4.69, 9.17) is 15.5 Å². The van der Waals surface area contributed by atoms with E-state index in [2.05, 4.69) is 27.1 Å². The number of benzene rings is 1. The van der Waals surface area contributed by atoms with Crippen LogP contribution >= 0.6 is 0 Å². The second-order valence-electron chi connectivity index (χ2n) is 10.0. The van der Waals surface area contributed by atoms with Crippen molar-refractivity contribution in [3.63, 3.8) is 0 Å². The van der Waals surface area contributed by atoms with Gasteiger partial charge in [-0.3, -0.25) is 4.90 Å². The molecular weight excluding hydrogens is 445 g/mol. The van der Waals surface area contributed by atoms with Crippen molar-refractivity contribution in [1.82, 2.24) is 19.9 Å². The van der Waals surface area contributed by atoms with Gasteiger partial charge in [0, 0.05) is 30.9 Å². The van der Waals surface area contributed by atoms with Crippen LogP contribution in [0.15, 0.2) is 18.2 Å². The van der Waals surface area contributed by atoms with Crippen molar-refractivity contribution < 1.29 is 9.13 Å². The van der Waals surface area contributed by atoms with Gasteiger partial charge in [-0.25, -0.2) is 4.39 Å². The van der Waals surface area contributed by atoms with Crippen LogP contribution in [0.25, 0.3) is 0 Å². The number of hydrogen-bond donors (Lipinski definition) is 2. The molecule has 192 valence electrons. The minimum atomic E-state index is -0.405. The largest absolute Gasteiger partial charge is 0.488 e. The SMILES string of the molecule is CCN1CCCC1CN(c1ccc(OC(C)C)c(F)c1)c1nc(N)nc(NCC2CCCCC2)n1. The smallest absolute Gasteiger partial charge is 0.236 e. The number of nitrogens with zero attached hydrogens (tertiary/aromatic N) is 5. The predicted molar refractivity (Wildman–Crippen MR) is 139 cm³/mol. The van der Waals surface area contributed by atoms with E-state index in [-0.39, 0.29) is 17.8 Å². The number of ether oxygens (including phenoxy) is 1. The lowest BCUT2D eigenvalue weighted by molar-refractivity contribution is 0.231. The van der Waals surface area contributed by atoms with Gasteiger partial charge in [-0.15, -0.1) is 0 Å². The van der Waals surface area contributed by atoms with Gasteiger partial charge in [0.05, 0.1) is 6.10 Å². The number of hydrogen-bond acceptors (Lipinski definition) is 8. The summed E-state index contributed by atoms with van der Waals surface area (Å²) in [6.07, 6.45) is 8.45. The van der Waals surface area contributed by atoms with Crippen molar-refractivity contribution in [3.8, 4) is 5.75 Å². The zero-order valence-corrected chi connectivity index (χ0v) is 21.3. The van der Waals surface area contributed by atoms with E-state index >= 15 is 0 Å². The monoisotopic (exact) mass is 485 g/mol. The van der Waals surface area contributed by atoms with Crippen LogP contribution in [0, 0.1) is 11.7 Å². The normalized spacial score (nSPS) is 19.3. The first kappa shape index (κ1) is 25.4. The molecule has 1 saturated carbocycles. The molecule has 9 heteroatoms. The molecule has 0 amide bonds. The summed E-state index contributed by atoms with van der Waals surface area (Å²) in [5.41, 5.74) is 6.79. The molecule has 1 aliphatic carbocycles. The van der Waals surface area contributed by atoms with Gasteiger partial charge in [0.15, 0.2) is 11.6 Å². The van der Waals surface area contributed by atoms with Crippen LogP contribution in [-0.2, 0) is 0 Å². The fourth-order valence-corrected chi connectivity index (χ4v) is 5.25. The van der Waals surface area contributed by atoms with Crippen molar-refractivity contribution in [2.45, 2.75) is 77.9 Å². The molecule has 1 atom stereocenters. The molecule has 4 rings (SSSR count). The standard InChI is InChI=1S/C26H40FN7O/c1-4-33-14-8-11-21(33)17-34(20-12-13-23(22(27)15-20)35-18(2)3)26-31-24(28)30-25(32-26)29-16-19-9-6-5-7-10-19/h12-13,15,18-19,21H,4-11,14,16-17H2,1-3H3,(H3,28,29,30,31,32). The van der Waals surface area contributed by atoms with Crippen molar-refractivity contribution in [2.75, 3.05) is 42.1 Å². The Kier molecular flexibility index (Phi) is 8.59. The van der Waals surface area contributed by atoms with E-state index in [1.165, 1.54) is 38.2 Å². The zero-order chi connectivity index (χ0) is 24.8. The molecule has 35 heavy (non-hydrogen) atoms. The number of likely N-dealkylation sites (N-methyl/N-ethyl adjacent to an activating group) is 1. The van der Waals surface area contributed by atoms with Gasteiger partial charge in [-0.05, 0) is 70.7 Å². The lowest BCUT2D eigenvalue weighted by Gasteiger charge is -2.31. The Bertz CT molecular complexity index is 967. The third kappa shape index (κ3) is 6.72. The van der Waals surface area contributed by atoms with Gasteiger partial charge in [-0.2, -0.15) is 15.0 Å². The van der Waals surface area contributed by atoms with Crippen LogP contribution in [0.4, 0.5) is 27.9 Å². The van der Waals surface area contributed by atoms with E-state index in [1.54, 1.807) is 6.07 Å². The number of aromatic nitrogens is 3. The summed E-state index contributed by atoms with van der Waals surface area (Å²) in [4.78, 5) is 17.9. The number of nitrogen functional groups attached to an aromatic ring is 1. The van der Waals surface area contributed by atoms with E-state index in [0.29, 0.717) is 36.1 Å².